The highest BCUT2D eigenvalue weighted by Gasteiger charge is 2.17. The van der Waals surface area contributed by atoms with Gasteiger partial charge in [0.15, 0.2) is 0 Å². The SMILES string of the molecule is CCC(C)(O)CNC(=O)CCCl. The molecule has 0 saturated carbocycles. The summed E-state index contributed by atoms with van der Waals surface area (Å²) in [7, 11) is 0. The average molecular weight is 194 g/mol. The first-order valence-corrected chi connectivity index (χ1v) is 4.60. The van der Waals surface area contributed by atoms with Gasteiger partial charge in [0.2, 0.25) is 5.91 Å². The topological polar surface area (TPSA) is 49.3 Å². The Labute approximate surface area is 78.1 Å². The molecule has 0 aromatic heterocycles. The summed E-state index contributed by atoms with van der Waals surface area (Å²) in [5.41, 5.74) is -0.804. The quantitative estimate of drug-likeness (QED) is 0.638. The van der Waals surface area contributed by atoms with E-state index in [1.165, 1.54) is 0 Å². The molecule has 72 valence electrons. The van der Waals surface area contributed by atoms with Crippen LogP contribution in [0.1, 0.15) is 26.7 Å². The number of aliphatic hydroxyl groups is 1. The number of alkyl halides is 1. The molecule has 0 radical (unpaired) electrons. The van der Waals surface area contributed by atoms with Crippen LogP contribution in [0, 0.1) is 0 Å². The van der Waals surface area contributed by atoms with Crippen LogP contribution in [0.2, 0.25) is 0 Å². The lowest BCUT2D eigenvalue weighted by molar-refractivity contribution is -0.121. The molecule has 2 N–H and O–H groups in total. The summed E-state index contributed by atoms with van der Waals surface area (Å²) in [6.45, 7) is 3.85. The van der Waals surface area contributed by atoms with Gasteiger partial charge >= 0.3 is 0 Å². The zero-order valence-electron chi connectivity index (χ0n) is 7.56. The van der Waals surface area contributed by atoms with Crippen molar-refractivity contribution in [1.29, 1.82) is 0 Å². The van der Waals surface area contributed by atoms with Gasteiger partial charge in [-0.05, 0) is 13.3 Å². The smallest absolute Gasteiger partial charge is 0.221 e. The predicted molar refractivity (Wildman–Crippen MR) is 49.3 cm³/mol. The Morgan fingerprint density at radius 3 is 2.67 bits per heavy atom. The monoisotopic (exact) mass is 193 g/mol. The molecule has 0 aromatic rings. The Kier molecular flexibility index (Phi) is 5.25. The highest BCUT2D eigenvalue weighted by atomic mass is 35.5. The Morgan fingerprint density at radius 1 is 1.67 bits per heavy atom. The van der Waals surface area contributed by atoms with Crippen molar-refractivity contribution in [3.05, 3.63) is 0 Å². The number of hydrogen-bond donors (Lipinski definition) is 2. The molecule has 0 heterocycles. The molecule has 0 aliphatic rings. The van der Waals surface area contributed by atoms with E-state index in [1.807, 2.05) is 6.92 Å². The fraction of sp³-hybridized carbons (Fsp3) is 0.875. The van der Waals surface area contributed by atoms with Crippen molar-refractivity contribution in [2.75, 3.05) is 12.4 Å². The molecule has 0 rings (SSSR count). The van der Waals surface area contributed by atoms with Gasteiger partial charge in [-0.15, -0.1) is 11.6 Å². The van der Waals surface area contributed by atoms with Crippen LogP contribution < -0.4 is 5.32 Å². The first kappa shape index (κ1) is 11.7. The lowest BCUT2D eigenvalue weighted by atomic mass is 10.0. The summed E-state index contributed by atoms with van der Waals surface area (Å²) < 4.78 is 0. The van der Waals surface area contributed by atoms with Crippen molar-refractivity contribution < 1.29 is 9.90 Å². The highest BCUT2D eigenvalue weighted by molar-refractivity contribution is 6.18. The van der Waals surface area contributed by atoms with Crippen LogP contribution in [-0.4, -0.2) is 29.0 Å². The second kappa shape index (κ2) is 5.38. The molecule has 0 spiro atoms. The van der Waals surface area contributed by atoms with Crippen LogP contribution in [-0.2, 0) is 4.79 Å². The van der Waals surface area contributed by atoms with E-state index in [2.05, 4.69) is 5.32 Å². The Bertz CT molecular complexity index is 148. The Hall–Kier alpha value is -0.280. The largest absolute Gasteiger partial charge is 0.388 e. The third-order valence-electron chi connectivity index (χ3n) is 1.75. The first-order chi connectivity index (χ1) is 5.52. The van der Waals surface area contributed by atoms with E-state index in [9.17, 15) is 9.90 Å². The van der Waals surface area contributed by atoms with Crippen molar-refractivity contribution in [1.82, 2.24) is 5.32 Å². The first-order valence-electron chi connectivity index (χ1n) is 4.07. The number of carbonyl (C=O) groups excluding carboxylic acids is 1. The van der Waals surface area contributed by atoms with Crippen LogP contribution in [0.4, 0.5) is 0 Å². The molecule has 12 heavy (non-hydrogen) atoms. The van der Waals surface area contributed by atoms with Crippen molar-refractivity contribution in [3.8, 4) is 0 Å². The average Bonchev–Trinajstić information content (AvgIpc) is 2.02. The van der Waals surface area contributed by atoms with Gasteiger partial charge in [-0.1, -0.05) is 6.92 Å². The molecule has 1 unspecified atom stereocenters. The van der Waals surface area contributed by atoms with Gasteiger partial charge in [0, 0.05) is 18.8 Å². The van der Waals surface area contributed by atoms with Crippen LogP contribution in [0.5, 0.6) is 0 Å². The van der Waals surface area contributed by atoms with E-state index in [1.54, 1.807) is 6.92 Å². The van der Waals surface area contributed by atoms with E-state index in [0.29, 0.717) is 25.3 Å². The molecule has 0 fully saturated rings. The minimum atomic E-state index is -0.804. The molecular weight excluding hydrogens is 178 g/mol. The highest BCUT2D eigenvalue weighted by Crippen LogP contribution is 2.05. The van der Waals surface area contributed by atoms with Gasteiger partial charge in [-0.3, -0.25) is 4.79 Å². The standard InChI is InChI=1S/C8H16ClNO2/c1-3-8(2,12)6-10-7(11)4-5-9/h12H,3-6H2,1-2H3,(H,10,11). The molecule has 4 heteroatoms. The van der Waals surface area contributed by atoms with Crippen molar-refractivity contribution in [3.63, 3.8) is 0 Å². The molecular formula is C8H16ClNO2. The Morgan fingerprint density at radius 2 is 2.25 bits per heavy atom. The van der Waals surface area contributed by atoms with Gasteiger partial charge in [-0.25, -0.2) is 0 Å². The van der Waals surface area contributed by atoms with E-state index in [4.69, 9.17) is 11.6 Å². The van der Waals surface area contributed by atoms with Gasteiger partial charge < -0.3 is 10.4 Å². The molecule has 0 aromatic carbocycles. The van der Waals surface area contributed by atoms with Crippen molar-refractivity contribution >= 4 is 17.5 Å². The maximum atomic E-state index is 10.9. The maximum absolute atomic E-state index is 10.9. The fourth-order valence-electron chi connectivity index (χ4n) is 0.588. The molecule has 1 atom stereocenters. The summed E-state index contributed by atoms with van der Waals surface area (Å²) >= 11 is 5.36. The molecule has 0 bridgehead atoms. The molecule has 3 nitrogen and oxygen atoms in total. The second-order valence-corrected chi connectivity index (χ2v) is 3.44. The van der Waals surface area contributed by atoms with E-state index in [-0.39, 0.29) is 5.91 Å². The number of rotatable bonds is 5. The number of hydrogen-bond acceptors (Lipinski definition) is 2. The fourth-order valence-corrected chi connectivity index (χ4v) is 0.760. The summed E-state index contributed by atoms with van der Waals surface area (Å²) in [6, 6.07) is 0. The number of nitrogens with one attached hydrogen (secondary N) is 1. The number of carbonyl (C=O) groups is 1. The van der Waals surface area contributed by atoms with Gasteiger partial charge in [0.1, 0.15) is 0 Å². The normalized spacial score (nSPS) is 15.3. The van der Waals surface area contributed by atoms with Gasteiger partial charge in [-0.2, -0.15) is 0 Å². The third kappa shape index (κ3) is 5.38. The van der Waals surface area contributed by atoms with Crippen LogP contribution in [0.3, 0.4) is 0 Å². The molecule has 0 aliphatic carbocycles. The van der Waals surface area contributed by atoms with Crippen molar-refractivity contribution in [2.45, 2.75) is 32.3 Å². The van der Waals surface area contributed by atoms with E-state index in [0.717, 1.165) is 0 Å². The van der Waals surface area contributed by atoms with Crippen molar-refractivity contribution in [2.24, 2.45) is 0 Å². The van der Waals surface area contributed by atoms with Crippen LogP contribution in [0.15, 0.2) is 0 Å². The second-order valence-electron chi connectivity index (χ2n) is 3.07. The minimum absolute atomic E-state index is 0.112. The van der Waals surface area contributed by atoms with Crippen LogP contribution in [0.25, 0.3) is 0 Å². The summed E-state index contributed by atoms with van der Waals surface area (Å²) in [6.07, 6.45) is 0.926. The van der Waals surface area contributed by atoms with Crippen LogP contribution >= 0.6 is 11.6 Å². The molecule has 1 amide bonds. The lowest BCUT2D eigenvalue weighted by Gasteiger charge is -2.21. The van der Waals surface area contributed by atoms with Gasteiger partial charge in [0.25, 0.3) is 0 Å². The zero-order chi connectivity index (χ0) is 9.61. The molecule has 0 saturated heterocycles. The van der Waals surface area contributed by atoms with Gasteiger partial charge in [0.05, 0.1) is 5.60 Å². The third-order valence-corrected chi connectivity index (χ3v) is 1.94. The number of halogens is 1. The summed E-state index contributed by atoms with van der Waals surface area (Å²) in [4.78, 5) is 10.9. The zero-order valence-corrected chi connectivity index (χ0v) is 8.32. The maximum Gasteiger partial charge on any atom is 0.221 e. The minimum Gasteiger partial charge on any atom is -0.388 e. The Balaban J connectivity index is 3.60. The summed E-state index contributed by atoms with van der Waals surface area (Å²) in [5, 5.41) is 12.1. The van der Waals surface area contributed by atoms with E-state index >= 15 is 0 Å². The lowest BCUT2D eigenvalue weighted by Crippen LogP contribution is -2.40. The van der Waals surface area contributed by atoms with E-state index < -0.39 is 5.60 Å². The summed E-state index contributed by atoms with van der Waals surface area (Å²) in [5.74, 6) is 0.207. The molecule has 0 aliphatic heterocycles. The number of amides is 1. The predicted octanol–water partition coefficient (Wildman–Crippen LogP) is 0.892.